The third-order valence-corrected chi connectivity index (χ3v) is 6.91. The van der Waals surface area contributed by atoms with Gasteiger partial charge in [-0.3, -0.25) is 9.59 Å². The molecule has 9 heteroatoms. The van der Waals surface area contributed by atoms with Crippen molar-refractivity contribution in [3.8, 4) is 11.1 Å². The van der Waals surface area contributed by atoms with Crippen LogP contribution in [-0.2, 0) is 23.8 Å². The molecule has 0 bridgehead atoms. The number of nitrogens with zero attached hydrogens (tertiary/aromatic N) is 1. The fourth-order valence-electron chi connectivity index (χ4n) is 5.11. The Morgan fingerprint density at radius 1 is 1.03 bits per heavy atom. The molecular formula is C26H28N2O7. The lowest BCUT2D eigenvalue weighted by molar-refractivity contribution is -0.146. The fraction of sp³-hybridized carbons (Fsp3) is 0.423. The maximum atomic E-state index is 13.1. The highest BCUT2D eigenvalue weighted by Gasteiger charge is 2.40. The van der Waals surface area contributed by atoms with Crippen LogP contribution in [0.2, 0.25) is 0 Å². The standard InChI is InChI=1S/C26H28N2O7/c29-24(28-10-12-33-14-16(13-28)25(30)31)23-22(9-11-34-23)27-26(32)35-15-21-19-7-3-1-5-17(19)18-6-2-4-8-20(18)21/h1-8,16,21-23H,9-15H2,(H,27,32)(H,30,31)/t16?,22-,23+/m1/s1. The number of alkyl carbamates (subject to hydrolysis) is 1. The van der Waals surface area contributed by atoms with Gasteiger partial charge in [-0.2, -0.15) is 0 Å². The molecule has 2 amide bonds. The average Bonchev–Trinajstić information content (AvgIpc) is 3.35. The first-order valence-electron chi connectivity index (χ1n) is 11.9. The molecule has 0 spiro atoms. The predicted octanol–water partition coefficient (Wildman–Crippen LogP) is 2.24. The zero-order valence-electron chi connectivity index (χ0n) is 19.2. The summed E-state index contributed by atoms with van der Waals surface area (Å²) in [5.41, 5.74) is 4.53. The highest BCUT2D eigenvalue weighted by Crippen LogP contribution is 2.44. The minimum Gasteiger partial charge on any atom is -0.481 e. The van der Waals surface area contributed by atoms with Crippen molar-refractivity contribution < 1.29 is 33.7 Å². The molecule has 0 radical (unpaired) electrons. The van der Waals surface area contributed by atoms with Gasteiger partial charge in [0.25, 0.3) is 5.91 Å². The summed E-state index contributed by atoms with van der Waals surface area (Å²) in [6.45, 7) is 1.14. The van der Waals surface area contributed by atoms with Crippen LogP contribution in [0.15, 0.2) is 48.5 Å². The Labute approximate surface area is 203 Å². The lowest BCUT2D eigenvalue weighted by Crippen LogP contribution is -2.51. The van der Waals surface area contributed by atoms with E-state index in [0.29, 0.717) is 13.0 Å². The molecule has 184 valence electrons. The predicted molar refractivity (Wildman–Crippen MR) is 125 cm³/mol. The summed E-state index contributed by atoms with van der Waals surface area (Å²) in [6.07, 6.45) is -1.03. The van der Waals surface area contributed by atoms with E-state index in [-0.39, 0.29) is 44.7 Å². The van der Waals surface area contributed by atoms with E-state index >= 15 is 0 Å². The molecular weight excluding hydrogens is 452 g/mol. The highest BCUT2D eigenvalue weighted by molar-refractivity contribution is 5.84. The van der Waals surface area contributed by atoms with Gasteiger partial charge in [-0.1, -0.05) is 48.5 Å². The van der Waals surface area contributed by atoms with Crippen LogP contribution in [0, 0.1) is 5.92 Å². The SMILES string of the molecule is O=C(N[C@@H]1CCO[C@@H]1C(=O)N1CCOCC(C(=O)O)C1)OCC1c2ccccc2-c2ccccc21. The first kappa shape index (κ1) is 23.3. The molecule has 2 N–H and O–H groups in total. The van der Waals surface area contributed by atoms with E-state index in [0.717, 1.165) is 22.3 Å². The summed E-state index contributed by atoms with van der Waals surface area (Å²) in [4.78, 5) is 38.7. The highest BCUT2D eigenvalue weighted by atomic mass is 16.6. The Balaban J connectivity index is 1.21. The van der Waals surface area contributed by atoms with E-state index in [2.05, 4.69) is 29.6 Å². The van der Waals surface area contributed by atoms with Gasteiger partial charge < -0.3 is 29.5 Å². The number of carboxylic acid groups (broad SMARTS) is 1. The third kappa shape index (κ3) is 4.74. The number of aliphatic carboxylic acids is 1. The van der Waals surface area contributed by atoms with E-state index < -0.39 is 30.1 Å². The summed E-state index contributed by atoms with van der Waals surface area (Å²) in [5, 5.41) is 12.1. The molecule has 2 fully saturated rings. The van der Waals surface area contributed by atoms with Crippen LogP contribution < -0.4 is 5.32 Å². The minimum atomic E-state index is -1.01. The number of amides is 2. The largest absolute Gasteiger partial charge is 0.481 e. The van der Waals surface area contributed by atoms with Gasteiger partial charge in [-0.25, -0.2) is 4.79 Å². The Hall–Kier alpha value is -3.43. The maximum Gasteiger partial charge on any atom is 0.407 e. The van der Waals surface area contributed by atoms with Crippen LogP contribution in [-0.4, -0.2) is 79.6 Å². The first-order valence-corrected chi connectivity index (χ1v) is 11.9. The molecule has 35 heavy (non-hydrogen) atoms. The van der Waals surface area contributed by atoms with E-state index in [1.165, 1.54) is 4.90 Å². The summed E-state index contributed by atoms with van der Waals surface area (Å²) < 4.78 is 16.6. The van der Waals surface area contributed by atoms with Gasteiger partial charge in [0.05, 0.1) is 25.2 Å². The van der Waals surface area contributed by atoms with Crippen LogP contribution in [0.25, 0.3) is 11.1 Å². The van der Waals surface area contributed by atoms with Gasteiger partial charge in [0.15, 0.2) is 6.10 Å². The number of hydrogen-bond acceptors (Lipinski definition) is 6. The van der Waals surface area contributed by atoms with Crippen LogP contribution in [0.1, 0.15) is 23.5 Å². The molecule has 3 aliphatic rings. The molecule has 2 heterocycles. The molecule has 3 atom stereocenters. The number of benzene rings is 2. The Bertz CT molecular complexity index is 1070. The lowest BCUT2D eigenvalue weighted by Gasteiger charge is -2.27. The first-order chi connectivity index (χ1) is 17.0. The number of fused-ring (bicyclic) bond motifs is 3. The second kappa shape index (κ2) is 10.1. The van der Waals surface area contributed by atoms with Crippen LogP contribution in [0.5, 0.6) is 0 Å². The summed E-state index contributed by atoms with van der Waals surface area (Å²) in [5.74, 6) is -2.21. The van der Waals surface area contributed by atoms with Crippen molar-refractivity contribution in [2.45, 2.75) is 24.5 Å². The summed E-state index contributed by atoms with van der Waals surface area (Å²) in [7, 11) is 0. The number of hydrogen-bond donors (Lipinski definition) is 2. The molecule has 2 aromatic rings. The van der Waals surface area contributed by atoms with Gasteiger partial charge in [0.1, 0.15) is 6.61 Å². The average molecular weight is 481 g/mol. The molecule has 0 aromatic heterocycles. The normalized spacial score (nSPS) is 23.8. The van der Waals surface area contributed by atoms with Gasteiger partial charge >= 0.3 is 12.1 Å². The second-order valence-corrected chi connectivity index (χ2v) is 9.05. The lowest BCUT2D eigenvalue weighted by atomic mass is 9.98. The Kier molecular flexibility index (Phi) is 6.70. The molecule has 1 aliphatic carbocycles. The van der Waals surface area contributed by atoms with E-state index in [1.54, 1.807) is 0 Å². The van der Waals surface area contributed by atoms with Gasteiger partial charge in [0, 0.05) is 25.6 Å². The fourth-order valence-corrected chi connectivity index (χ4v) is 5.11. The van der Waals surface area contributed by atoms with Crippen molar-refractivity contribution in [3.05, 3.63) is 59.7 Å². The van der Waals surface area contributed by atoms with Crippen LogP contribution >= 0.6 is 0 Å². The summed E-state index contributed by atoms with van der Waals surface area (Å²) >= 11 is 0. The molecule has 0 saturated carbocycles. The number of rotatable bonds is 5. The van der Waals surface area contributed by atoms with Gasteiger partial charge in [-0.05, 0) is 28.7 Å². The topological polar surface area (TPSA) is 114 Å². The Morgan fingerprint density at radius 3 is 2.40 bits per heavy atom. The molecule has 1 unspecified atom stereocenters. The second-order valence-electron chi connectivity index (χ2n) is 9.05. The summed E-state index contributed by atoms with van der Waals surface area (Å²) in [6, 6.07) is 15.7. The van der Waals surface area contributed by atoms with Crippen molar-refractivity contribution in [1.82, 2.24) is 10.2 Å². The third-order valence-electron chi connectivity index (χ3n) is 6.91. The van der Waals surface area contributed by atoms with Gasteiger partial charge in [0.2, 0.25) is 0 Å². The van der Waals surface area contributed by atoms with Crippen LogP contribution in [0.3, 0.4) is 0 Å². The van der Waals surface area contributed by atoms with Crippen molar-refractivity contribution in [2.75, 3.05) is 39.5 Å². The number of carbonyl (C=O) groups excluding carboxylic acids is 2. The quantitative estimate of drug-likeness (QED) is 0.675. The number of nitrogens with one attached hydrogen (secondary N) is 1. The number of ether oxygens (including phenoxy) is 3. The van der Waals surface area contributed by atoms with Crippen molar-refractivity contribution in [1.29, 1.82) is 0 Å². The minimum absolute atomic E-state index is 0.0473. The van der Waals surface area contributed by atoms with E-state index in [1.807, 2.05) is 24.3 Å². The van der Waals surface area contributed by atoms with Crippen molar-refractivity contribution in [2.24, 2.45) is 5.92 Å². The molecule has 2 saturated heterocycles. The van der Waals surface area contributed by atoms with Crippen molar-refractivity contribution >= 4 is 18.0 Å². The van der Waals surface area contributed by atoms with Crippen LogP contribution in [0.4, 0.5) is 4.79 Å². The smallest absolute Gasteiger partial charge is 0.407 e. The molecule has 5 rings (SSSR count). The van der Waals surface area contributed by atoms with E-state index in [4.69, 9.17) is 14.2 Å². The van der Waals surface area contributed by atoms with E-state index in [9.17, 15) is 19.5 Å². The molecule has 9 nitrogen and oxygen atoms in total. The number of carboxylic acids is 1. The van der Waals surface area contributed by atoms with Gasteiger partial charge in [-0.15, -0.1) is 0 Å². The maximum absolute atomic E-state index is 13.1. The zero-order chi connectivity index (χ0) is 24.4. The Morgan fingerprint density at radius 2 is 1.71 bits per heavy atom. The van der Waals surface area contributed by atoms with Crippen molar-refractivity contribution in [3.63, 3.8) is 0 Å². The number of carbonyl (C=O) groups is 3. The molecule has 2 aromatic carbocycles. The zero-order valence-corrected chi connectivity index (χ0v) is 19.2. The monoisotopic (exact) mass is 480 g/mol. The molecule has 2 aliphatic heterocycles.